The molecule has 4 heteroatoms. The van der Waals surface area contributed by atoms with Gasteiger partial charge in [-0.3, -0.25) is 4.98 Å². The van der Waals surface area contributed by atoms with E-state index in [-0.39, 0.29) is 0 Å². The van der Waals surface area contributed by atoms with Crippen LogP contribution in [0.1, 0.15) is 34.3 Å². The van der Waals surface area contributed by atoms with Crippen LogP contribution in [-0.2, 0) is 6.42 Å². The lowest BCUT2D eigenvalue weighted by Gasteiger charge is -1.97. The third kappa shape index (κ3) is 2.15. The van der Waals surface area contributed by atoms with Crippen molar-refractivity contribution in [2.75, 3.05) is 0 Å². The maximum absolute atomic E-state index is 4.91. The summed E-state index contributed by atoms with van der Waals surface area (Å²) in [7, 11) is 0. The Morgan fingerprint density at radius 2 is 1.50 bits per heavy atom. The summed E-state index contributed by atoms with van der Waals surface area (Å²) in [5.41, 5.74) is 9.64. The maximum atomic E-state index is 4.91. The van der Waals surface area contributed by atoms with Crippen LogP contribution in [0.15, 0.2) is 48.5 Å². The fourth-order valence-electron chi connectivity index (χ4n) is 3.94. The molecule has 0 fully saturated rings. The molecule has 4 nitrogen and oxygen atoms in total. The minimum atomic E-state index is 0.377. The van der Waals surface area contributed by atoms with Crippen molar-refractivity contribution < 1.29 is 0 Å². The molecule has 1 aliphatic carbocycles. The molecule has 8 bridgehead atoms. The summed E-state index contributed by atoms with van der Waals surface area (Å²) < 4.78 is 0. The van der Waals surface area contributed by atoms with Gasteiger partial charge in [-0.25, -0.2) is 4.98 Å². The molecule has 5 heterocycles. The number of nitrogens with one attached hydrogen (secondary N) is 2. The van der Waals surface area contributed by atoms with Crippen LogP contribution in [0.2, 0.25) is 0 Å². The van der Waals surface area contributed by atoms with Crippen molar-refractivity contribution in [3.05, 3.63) is 76.9 Å². The number of hydrogen-bond donors (Lipinski definition) is 2. The molecule has 3 aliphatic rings. The van der Waals surface area contributed by atoms with Crippen LogP contribution in [0, 0.1) is 0 Å². The molecule has 1 unspecified atom stereocenters. The molecule has 0 saturated carbocycles. The number of hydrogen-bond acceptors (Lipinski definition) is 2. The molecular weight excluding hydrogens is 320 g/mol. The van der Waals surface area contributed by atoms with E-state index in [0.29, 0.717) is 5.92 Å². The predicted octanol–water partition coefficient (Wildman–Crippen LogP) is 4.84. The van der Waals surface area contributed by atoms with Gasteiger partial charge in [0, 0.05) is 45.7 Å². The summed E-state index contributed by atoms with van der Waals surface area (Å²) in [6.45, 7) is 0. The molecule has 0 amide bonds. The van der Waals surface area contributed by atoms with Gasteiger partial charge >= 0.3 is 0 Å². The van der Waals surface area contributed by atoms with Crippen LogP contribution in [0.5, 0.6) is 0 Å². The van der Waals surface area contributed by atoms with Gasteiger partial charge < -0.3 is 9.97 Å². The van der Waals surface area contributed by atoms with Crippen molar-refractivity contribution in [2.45, 2.75) is 12.3 Å². The highest BCUT2D eigenvalue weighted by Crippen LogP contribution is 2.36. The van der Waals surface area contributed by atoms with Crippen LogP contribution >= 0.6 is 0 Å². The van der Waals surface area contributed by atoms with Crippen molar-refractivity contribution in [3.8, 4) is 0 Å². The van der Waals surface area contributed by atoms with E-state index >= 15 is 0 Å². The number of allylic oxidation sites excluding steroid dienone is 1. The summed E-state index contributed by atoms with van der Waals surface area (Å²) >= 11 is 0. The Labute approximate surface area is 150 Å². The minimum absolute atomic E-state index is 0.377. The molecule has 2 aliphatic heterocycles. The van der Waals surface area contributed by atoms with Crippen molar-refractivity contribution in [1.82, 2.24) is 19.9 Å². The third-order valence-electron chi connectivity index (χ3n) is 5.15. The topological polar surface area (TPSA) is 57.4 Å². The zero-order chi connectivity index (χ0) is 17.1. The van der Waals surface area contributed by atoms with Gasteiger partial charge in [0.1, 0.15) is 0 Å². The maximum Gasteiger partial charge on any atom is 0.0728 e. The molecule has 124 valence electrons. The van der Waals surface area contributed by atoms with Gasteiger partial charge in [-0.2, -0.15) is 0 Å². The first-order valence-corrected chi connectivity index (χ1v) is 8.86. The first-order valence-electron chi connectivity index (χ1n) is 8.86. The summed E-state index contributed by atoms with van der Waals surface area (Å²) in [5.74, 6) is 0.377. The van der Waals surface area contributed by atoms with E-state index in [0.717, 1.165) is 56.8 Å². The Balaban J connectivity index is 1.72. The fraction of sp³-hybridized carbons (Fsp3) is 0.0909. The highest BCUT2D eigenvalue weighted by Gasteiger charge is 2.26. The van der Waals surface area contributed by atoms with Gasteiger partial charge in [-0.15, -0.1) is 0 Å². The van der Waals surface area contributed by atoms with Gasteiger partial charge in [0.15, 0.2) is 0 Å². The summed E-state index contributed by atoms with van der Waals surface area (Å²) in [6, 6.07) is 14.7. The van der Waals surface area contributed by atoms with Crippen LogP contribution in [0.25, 0.3) is 40.3 Å². The SMILES string of the molecule is C1=Cc2nc1cc1ccc(cc3ccc(cc4nc5c2C=CC5C4)[nH]3)[nH]1. The third-order valence-corrected chi connectivity index (χ3v) is 5.15. The van der Waals surface area contributed by atoms with E-state index in [1.165, 1.54) is 0 Å². The van der Waals surface area contributed by atoms with Gasteiger partial charge in [0.25, 0.3) is 0 Å². The molecule has 0 radical (unpaired) electrons. The number of nitrogens with zero attached hydrogens (tertiary/aromatic N) is 2. The lowest BCUT2D eigenvalue weighted by atomic mass is 10.1. The molecule has 3 aromatic rings. The highest BCUT2D eigenvalue weighted by atomic mass is 14.8. The van der Waals surface area contributed by atoms with Crippen molar-refractivity contribution >= 4 is 40.3 Å². The van der Waals surface area contributed by atoms with Crippen LogP contribution in [0.3, 0.4) is 0 Å². The van der Waals surface area contributed by atoms with Crippen molar-refractivity contribution in [2.24, 2.45) is 0 Å². The second-order valence-corrected chi connectivity index (χ2v) is 7.00. The number of aromatic nitrogens is 4. The van der Waals surface area contributed by atoms with Gasteiger partial charge in [-0.05, 0) is 54.6 Å². The Bertz CT molecular complexity index is 1270. The second-order valence-electron chi connectivity index (χ2n) is 7.00. The van der Waals surface area contributed by atoms with Gasteiger partial charge in [-0.1, -0.05) is 12.2 Å². The normalized spacial score (nSPS) is 17.2. The average Bonchev–Trinajstić information content (AvgIpc) is 3.38. The Kier molecular flexibility index (Phi) is 2.69. The monoisotopic (exact) mass is 336 g/mol. The van der Waals surface area contributed by atoms with E-state index in [2.05, 4.69) is 76.7 Å². The van der Waals surface area contributed by atoms with E-state index in [9.17, 15) is 0 Å². The zero-order valence-electron chi connectivity index (χ0n) is 14.0. The molecule has 2 N–H and O–H groups in total. The molecule has 3 aromatic heterocycles. The highest BCUT2D eigenvalue weighted by molar-refractivity contribution is 5.79. The van der Waals surface area contributed by atoms with Crippen molar-refractivity contribution in [1.29, 1.82) is 0 Å². The molecule has 0 aromatic carbocycles. The van der Waals surface area contributed by atoms with E-state index < -0.39 is 0 Å². The number of aromatic amines is 2. The quantitative estimate of drug-likeness (QED) is 0.483. The van der Waals surface area contributed by atoms with Crippen LogP contribution in [0.4, 0.5) is 0 Å². The Hall–Kier alpha value is -3.40. The van der Waals surface area contributed by atoms with Crippen LogP contribution < -0.4 is 0 Å². The average molecular weight is 336 g/mol. The molecule has 6 rings (SSSR count). The van der Waals surface area contributed by atoms with E-state index in [4.69, 9.17) is 9.97 Å². The molecule has 0 spiro atoms. The summed E-state index contributed by atoms with van der Waals surface area (Å²) in [5, 5.41) is 0. The minimum Gasteiger partial charge on any atom is -0.355 e. The number of fused-ring (bicyclic) bond motifs is 8. The first kappa shape index (κ1) is 13.8. The van der Waals surface area contributed by atoms with E-state index in [1.54, 1.807) is 0 Å². The second kappa shape index (κ2) is 5.05. The molecule has 0 saturated heterocycles. The standard InChI is InChI=1S/C22H16N4/c1-7-20-21-8-6-18(25-21)11-16-3-2-14(23-16)10-15-4-5-17(24-15)12-19-9-13(1)22(20)26-19/h1-8,10-13,23-24H,9H2. The number of rotatable bonds is 0. The summed E-state index contributed by atoms with van der Waals surface area (Å²) in [6.07, 6.45) is 9.52. The molecule has 1 atom stereocenters. The zero-order valence-corrected chi connectivity index (χ0v) is 14.0. The van der Waals surface area contributed by atoms with Crippen LogP contribution in [-0.4, -0.2) is 19.9 Å². The smallest absolute Gasteiger partial charge is 0.0728 e. The Morgan fingerprint density at radius 1 is 0.769 bits per heavy atom. The first-order chi connectivity index (χ1) is 12.8. The van der Waals surface area contributed by atoms with Gasteiger partial charge in [0.2, 0.25) is 0 Å². The lowest BCUT2D eigenvalue weighted by Crippen LogP contribution is -1.89. The largest absolute Gasteiger partial charge is 0.355 e. The Morgan fingerprint density at radius 3 is 2.31 bits per heavy atom. The lowest BCUT2D eigenvalue weighted by molar-refractivity contribution is 0.897. The molecule has 26 heavy (non-hydrogen) atoms. The summed E-state index contributed by atoms with van der Waals surface area (Å²) in [4.78, 5) is 16.6. The van der Waals surface area contributed by atoms with E-state index in [1.807, 2.05) is 0 Å². The molecular formula is C22H16N4. The van der Waals surface area contributed by atoms with Gasteiger partial charge in [0.05, 0.1) is 17.1 Å². The number of H-pyrrole nitrogens is 2. The fourth-order valence-corrected chi connectivity index (χ4v) is 3.94. The predicted molar refractivity (Wildman–Crippen MR) is 105 cm³/mol. The van der Waals surface area contributed by atoms with Crippen molar-refractivity contribution in [3.63, 3.8) is 0 Å².